The molecular weight excluding hydrogens is 289 g/mol. The lowest BCUT2D eigenvalue weighted by atomic mass is 10.2. The van der Waals surface area contributed by atoms with E-state index in [4.69, 9.17) is 5.73 Å². The van der Waals surface area contributed by atoms with Gasteiger partial charge in [-0.25, -0.2) is 17.9 Å². The van der Waals surface area contributed by atoms with Crippen molar-refractivity contribution in [3.8, 4) is 0 Å². The first-order chi connectivity index (χ1) is 9.88. The molecular formula is C11H11F3N6O. The van der Waals surface area contributed by atoms with Crippen LogP contribution >= 0.6 is 0 Å². The molecule has 1 unspecified atom stereocenters. The van der Waals surface area contributed by atoms with Crippen molar-refractivity contribution in [2.75, 3.05) is 5.32 Å². The maximum atomic E-state index is 13.1. The van der Waals surface area contributed by atoms with Crippen molar-refractivity contribution >= 4 is 17.5 Å². The number of anilines is 2. The number of hydrogen-bond acceptors (Lipinski definition) is 5. The fourth-order valence-electron chi connectivity index (χ4n) is 1.58. The number of nitrogens with zero attached hydrogens (tertiary/aromatic N) is 4. The van der Waals surface area contributed by atoms with E-state index in [1.165, 1.54) is 12.1 Å². The first kappa shape index (κ1) is 14.8. The summed E-state index contributed by atoms with van der Waals surface area (Å²) in [5, 5.41) is 13.6. The van der Waals surface area contributed by atoms with Gasteiger partial charge in [-0.05, 0) is 18.6 Å². The van der Waals surface area contributed by atoms with Gasteiger partial charge in [-0.15, -0.1) is 10.2 Å². The minimum atomic E-state index is -3.17. The van der Waals surface area contributed by atoms with Gasteiger partial charge in [-0.3, -0.25) is 4.79 Å². The molecule has 2 aromatic rings. The zero-order valence-corrected chi connectivity index (χ0v) is 10.8. The summed E-state index contributed by atoms with van der Waals surface area (Å²) in [5.41, 5.74) is 5.59. The minimum Gasteiger partial charge on any atom is -0.364 e. The number of aromatic nitrogens is 4. The lowest BCUT2D eigenvalue weighted by Crippen LogP contribution is -2.16. The van der Waals surface area contributed by atoms with Crippen molar-refractivity contribution in [1.29, 1.82) is 0 Å². The van der Waals surface area contributed by atoms with Crippen LogP contribution in [0.15, 0.2) is 18.3 Å². The van der Waals surface area contributed by atoms with Crippen LogP contribution in [0.2, 0.25) is 0 Å². The molecule has 0 aliphatic rings. The molecule has 2 rings (SSSR count). The summed E-state index contributed by atoms with van der Waals surface area (Å²) in [6.07, 6.45) is -4.63. The topological polar surface area (TPSA) is 98.7 Å². The number of alkyl halides is 3. The molecule has 0 aromatic carbocycles. The van der Waals surface area contributed by atoms with Crippen LogP contribution in [0.3, 0.4) is 0 Å². The molecule has 2 aromatic heterocycles. The Morgan fingerprint density at radius 1 is 1.33 bits per heavy atom. The molecule has 0 fully saturated rings. The van der Waals surface area contributed by atoms with Gasteiger partial charge in [0.2, 0.25) is 0 Å². The van der Waals surface area contributed by atoms with Gasteiger partial charge in [-0.2, -0.15) is 5.10 Å². The van der Waals surface area contributed by atoms with Gasteiger partial charge >= 0.3 is 0 Å². The molecule has 0 saturated heterocycles. The number of aryl methyl sites for hydroxylation is 1. The molecule has 0 aliphatic heterocycles. The number of carbonyl (C=O) groups excluding carboxylic acids is 1. The van der Waals surface area contributed by atoms with E-state index >= 15 is 0 Å². The SMILES string of the molecule is Cc1cc(Nc2ccn(C(F)C(F)F)n2)nnc1C(N)=O. The molecule has 0 radical (unpaired) electrons. The summed E-state index contributed by atoms with van der Waals surface area (Å²) in [5.74, 6) is -0.387. The van der Waals surface area contributed by atoms with Crippen molar-refractivity contribution in [3.05, 3.63) is 29.6 Å². The van der Waals surface area contributed by atoms with E-state index in [2.05, 4.69) is 20.6 Å². The Morgan fingerprint density at radius 2 is 2.05 bits per heavy atom. The standard InChI is InChI=1S/C11H11F3N6O/c1-5-4-7(17-18-8(5)11(15)21)16-6-2-3-20(19-6)10(14)9(12)13/h2-4,9-10H,1H3,(H2,15,21)(H,16,17,19). The van der Waals surface area contributed by atoms with E-state index in [9.17, 15) is 18.0 Å². The number of amides is 1. The largest absolute Gasteiger partial charge is 0.364 e. The maximum Gasteiger partial charge on any atom is 0.289 e. The number of rotatable bonds is 5. The molecule has 7 nitrogen and oxygen atoms in total. The number of nitrogens with one attached hydrogen (secondary N) is 1. The maximum absolute atomic E-state index is 13.1. The van der Waals surface area contributed by atoms with Crippen molar-refractivity contribution in [2.24, 2.45) is 5.73 Å². The summed E-state index contributed by atoms with van der Waals surface area (Å²) in [6, 6.07) is 2.78. The third kappa shape index (κ3) is 3.27. The van der Waals surface area contributed by atoms with Crippen molar-refractivity contribution in [1.82, 2.24) is 20.0 Å². The Bertz CT molecular complexity index is 659. The molecule has 1 atom stereocenters. The summed E-state index contributed by atoms with van der Waals surface area (Å²) in [4.78, 5) is 11.0. The Hall–Kier alpha value is -2.65. The fraction of sp³-hybridized carbons (Fsp3) is 0.273. The van der Waals surface area contributed by atoms with E-state index in [-0.39, 0.29) is 17.3 Å². The highest BCUT2D eigenvalue weighted by Gasteiger charge is 2.22. The van der Waals surface area contributed by atoms with Gasteiger partial charge in [0.25, 0.3) is 18.6 Å². The first-order valence-corrected chi connectivity index (χ1v) is 5.77. The predicted octanol–water partition coefficient (Wildman–Crippen LogP) is 1.56. The van der Waals surface area contributed by atoms with Crippen LogP contribution in [0, 0.1) is 6.92 Å². The third-order valence-electron chi connectivity index (χ3n) is 2.54. The van der Waals surface area contributed by atoms with E-state index in [1.54, 1.807) is 6.92 Å². The number of carbonyl (C=O) groups is 1. The Labute approximate surface area is 117 Å². The fourth-order valence-corrected chi connectivity index (χ4v) is 1.58. The smallest absolute Gasteiger partial charge is 0.289 e. The molecule has 3 N–H and O–H groups in total. The number of nitrogens with two attached hydrogens (primary N) is 1. The molecule has 0 spiro atoms. The van der Waals surface area contributed by atoms with Crippen LogP contribution in [0.25, 0.3) is 0 Å². The zero-order chi connectivity index (χ0) is 15.6. The van der Waals surface area contributed by atoms with Crippen LogP contribution in [0.5, 0.6) is 0 Å². The third-order valence-corrected chi connectivity index (χ3v) is 2.54. The summed E-state index contributed by atoms with van der Waals surface area (Å²) < 4.78 is 38.0. The highest BCUT2D eigenvalue weighted by molar-refractivity contribution is 5.92. The molecule has 10 heteroatoms. The zero-order valence-electron chi connectivity index (χ0n) is 10.8. The number of primary amides is 1. The lowest BCUT2D eigenvalue weighted by Gasteiger charge is -2.07. The average molecular weight is 300 g/mol. The Morgan fingerprint density at radius 3 is 2.62 bits per heavy atom. The van der Waals surface area contributed by atoms with Crippen LogP contribution in [0.1, 0.15) is 22.3 Å². The quantitative estimate of drug-likeness (QED) is 0.873. The van der Waals surface area contributed by atoms with Crippen LogP contribution in [0.4, 0.5) is 24.8 Å². The van der Waals surface area contributed by atoms with Gasteiger partial charge < -0.3 is 11.1 Å². The van der Waals surface area contributed by atoms with Crippen molar-refractivity contribution in [2.45, 2.75) is 19.6 Å². The van der Waals surface area contributed by atoms with Gasteiger partial charge in [-0.1, -0.05) is 0 Å². The minimum absolute atomic E-state index is 0.0209. The van der Waals surface area contributed by atoms with Gasteiger partial charge in [0.05, 0.1) is 0 Å². The summed E-state index contributed by atoms with van der Waals surface area (Å²) in [6.45, 7) is 1.60. The van der Waals surface area contributed by atoms with E-state index in [1.807, 2.05) is 0 Å². The average Bonchev–Trinajstić information content (AvgIpc) is 2.85. The molecule has 2 heterocycles. The van der Waals surface area contributed by atoms with E-state index < -0.39 is 18.6 Å². The van der Waals surface area contributed by atoms with Crippen LogP contribution in [-0.2, 0) is 0 Å². The highest BCUT2D eigenvalue weighted by Crippen LogP contribution is 2.20. The van der Waals surface area contributed by atoms with Crippen molar-refractivity contribution in [3.63, 3.8) is 0 Å². The lowest BCUT2D eigenvalue weighted by molar-refractivity contribution is 0.000931. The number of halogens is 3. The van der Waals surface area contributed by atoms with E-state index in [0.29, 0.717) is 10.2 Å². The molecule has 1 amide bonds. The Kier molecular flexibility index (Phi) is 4.05. The molecule has 21 heavy (non-hydrogen) atoms. The second-order valence-corrected chi connectivity index (χ2v) is 4.14. The van der Waals surface area contributed by atoms with Crippen LogP contribution < -0.4 is 11.1 Å². The highest BCUT2D eigenvalue weighted by atomic mass is 19.3. The van der Waals surface area contributed by atoms with Gasteiger partial charge in [0, 0.05) is 12.3 Å². The molecule has 0 bridgehead atoms. The Balaban J connectivity index is 2.15. The molecule has 0 saturated carbocycles. The summed E-state index contributed by atoms with van der Waals surface area (Å²) >= 11 is 0. The first-order valence-electron chi connectivity index (χ1n) is 5.77. The monoisotopic (exact) mass is 300 g/mol. The van der Waals surface area contributed by atoms with Gasteiger partial charge in [0.15, 0.2) is 17.3 Å². The summed E-state index contributed by atoms with van der Waals surface area (Å²) in [7, 11) is 0. The second kappa shape index (κ2) is 5.77. The van der Waals surface area contributed by atoms with Crippen LogP contribution in [-0.4, -0.2) is 32.3 Å². The van der Waals surface area contributed by atoms with Crippen molar-refractivity contribution < 1.29 is 18.0 Å². The molecule has 0 aliphatic carbocycles. The molecule has 112 valence electrons. The predicted molar refractivity (Wildman–Crippen MR) is 66.9 cm³/mol. The van der Waals surface area contributed by atoms with Gasteiger partial charge in [0.1, 0.15) is 0 Å². The second-order valence-electron chi connectivity index (χ2n) is 4.14. The van der Waals surface area contributed by atoms with E-state index in [0.717, 1.165) is 6.20 Å². The normalized spacial score (nSPS) is 12.4. The number of hydrogen-bond donors (Lipinski definition) is 2.